The van der Waals surface area contributed by atoms with E-state index in [0.29, 0.717) is 17.8 Å². The molecule has 3 rings (SSSR count). The number of carboxylic acids is 2. The van der Waals surface area contributed by atoms with Crippen molar-refractivity contribution in [1.82, 2.24) is 0 Å². The van der Waals surface area contributed by atoms with E-state index in [1.165, 1.54) is 43.3 Å². The van der Waals surface area contributed by atoms with Crippen LogP contribution in [0, 0.1) is 0 Å². The molecule has 0 saturated carbocycles. The largest absolute Gasteiger partial charge is 0.490 e. The summed E-state index contributed by atoms with van der Waals surface area (Å²) in [5.41, 5.74) is 1.98. The predicted octanol–water partition coefficient (Wildman–Crippen LogP) is 4.66. The second kappa shape index (κ2) is 12.2. The molecule has 3 aromatic rings. The minimum atomic E-state index is -5.08. The molecule has 0 unspecified atom stereocenters. The van der Waals surface area contributed by atoms with E-state index in [-0.39, 0.29) is 21.9 Å². The number of anilines is 2. The van der Waals surface area contributed by atoms with Gasteiger partial charge in [0.25, 0.3) is 10.0 Å². The molecule has 0 atom stereocenters. The van der Waals surface area contributed by atoms with E-state index in [9.17, 15) is 36.3 Å². The Balaban J connectivity index is 0.000000638. The molecule has 0 bridgehead atoms. The number of rotatable bonds is 8. The highest BCUT2D eigenvalue weighted by molar-refractivity contribution is 7.92. The Morgan fingerprint density at radius 3 is 1.95 bits per heavy atom. The van der Waals surface area contributed by atoms with Crippen LogP contribution in [-0.2, 0) is 21.4 Å². The van der Waals surface area contributed by atoms with Crippen LogP contribution < -0.4 is 9.62 Å². The Kier molecular flexibility index (Phi) is 9.61. The number of nitrogens with zero attached hydrogens (tertiary/aromatic N) is 1. The van der Waals surface area contributed by atoms with Gasteiger partial charge in [-0.25, -0.2) is 18.0 Å². The Morgan fingerprint density at radius 1 is 0.921 bits per heavy atom. The Bertz CT molecular complexity index is 1410. The van der Waals surface area contributed by atoms with Crippen LogP contribution in [0.15, 0.2) is 77.7 Å². The number of aromatic carboxylic acids is 1. The van der Waals surface area contributed by atoms with Gasteiger partial charge in [0.15, 0.2) is 5.78 Å². The maximum absolute atomic E-state index is 12.7. The zero-order valence-corrected chi connectivity index (χ0v) is 20.9. The van der Waals surface area contributed by atoms with Crippen molar-refractivity contribution in [2.75, 3.05) is 16.7 Å². The standard InChI is InChI=1S/C23H22N2O5S.C2HF3O2/c1-16(26)18-8-11-20(12-9-18)31(29,30)24-19-10-13-22(21(14-19)23(27)28)25(2)15-17-6-4-3-5-7-17;3-2(4,5)1(6)7/h3-14,24H,15H2,1-2H3,(H,27,28);(H,6,7). The molecule has 0 spiro atoms. The Hall–Kier alpha value is -4.39. The average Bonchev–Trinajstić information content (AvgIpc) is 2.84. The zero-order chi connectivity index (χ0) is 28.7. The first kappa shape index (κ1) is 29.8. The summed E-state index contributed by atoms with van der Waals surface area (Å²) >= 11 is 0. The number of hydrogen-bond acceptors (Lipinski definition) is 6. The number of sulfonamides is 1. The summed E-state index contributed by atoms with van der Waals surface area (Å²) in [5, 5.41) is 16.8. The van der Waals surface area contributed by atoms with Gasteiger partial charge >= 0.3 is 18.1 Å². The molecular formula is C25H23F3N2O7S. The molecule has 0 aliphatic rings. The molecule has 0 aliphatic heterocycles. The Morgan fingerprint density at radius 2 is 1.47 bits per heavy atom. The summed E-state index contributed by atoms with van der Waals surface area (Å²) < 4.78 is 59.5. The number of nitrogens with one attached hydrogen (secondary N) is 1. The van der Waals surface area contributed by atoms with Crippen LogP contribution in [0.3, 0.4) is 0 Å². The molecule has 0 aromatic heterocycles. The summed E-state index contributed by atoms with van der Waals surface area (Å²) in [6.07, 6.45) is -5.08. The maximum Gasteiger partial charge on any atom is 0.490 e. The molecular weight excluding hydrogens is 529 g/mol. The molecule has 0 radical (unpaired) electrons. The lowest BCUT2D eigenvalue weighted by Gasteiger charge is -2.22. The van der Waals surface area contributed by atoms with Crippen molar-refractivity contribution < 1.29 is 46.2 Å². The molecule has 3 aromatic carbocycles. The summed E-state index contributed by atoms with van der Waals surface area (Å²) in [6, 6.07) is 19.5. The topological polar surface area (TPSA) is 141 Å². The predicted molar refractivity (Wildman–Crippen MR) is 133 cm³/mol. The molecule has 0 aliphatic carbocycles. The first-order valence-corrected chi connectivity index (χ1v) is 12.2. The quantitative estimate of drug-likeness (QED) is 0.343. The van der Waals surface area contributed by atoms with Crippen molar-refractivity contribution in [2.45, 2.75) is 24.5 Å². The van der Waals surface area contributed by atoms with Crippen LogP contribution in [0.5, 0.6) is 0 Å². The lowest BCUT2D eigenvalue weighted by molar-refractivity contribution is -0.192. The second-order valence-corrected chi connectivity index (χ2v) is 9.55. The van der Waals surface area contributed by atoms with Gasteiger partial charge in [0.2, 0.25) is 0 Å². The number of carboxylic acid groups (broad SMARTS) is 2. The van der Waals surface area contributed by atoms with Gasteiger partial charge < -0.3 is 15.1 Å². The van der Waals surface area contributed by atoms with Gasteiger partial charge in [-0.15, -0.1) is 0 Å². The summed E-state index contributed by atoms with van der Waals surface area (Å²) in [6.45, 7) is 1.89. The van der Waals surface area contributed by atoms with E-state index < -0.39 is 28.1 Å². The van der Waals surface area contributed by atoms with Crippen molar-refractivity contribution in [3.63, 3.8) is 0 Å². The first-order valence-electron chi connectivity index (χ1n) is 10.7. The average molecular weight is 553 g/mol. The van der Waals surface area contributed by atoms with Gasteiger partial charge in [-0.1, -0.05) is 42.5 Å². The molecule has 0 fully saturated rings. The van der Waals surface area contributed by atoms with Crippen LogP contribution in [0.25, 0.3) is 0 Å². The number of hydrogen-bond donors (Lipinski definition) is 3. The third-order valence-corrected chi connectivity index (χ3v) is 6.36. The highest BCUT2D eigenvalue weighted by atomic mass is 32.2. The lowest BCUT2D eigenvalue weighted by atomic mass is 10.1. The fourth-order valence-electron chi connectivity index (χ4n) is 3.13. The number of carbonyl (C=O) groups excluding carboxylic acids is 1. The van der Waals surface area contributed by atoms with E-state index in [1.807, 2.05) is 30.3 Å². The van der Waals surface area contributed by atoms with Gasteiger partial charge in [0.1, 0.15) is 0 Å². The van der Waals surface area contributed by atoms with Crippen molar-refractivity contribution >= 4 is 39.1 Å². The highest BCUT2D eigenvalue weighted by Crippen LogP contribution is 2.27. The molecule has 3 N–H and O–H groups in total. The van der Waals surface area contributed by atoms with Crippen LogP contribution in [0.4, 0.5) is 24.5 Å². The van der Waals surface area contributed by atoms with E-state index in [0.717, 1.165) is 5.56 Å². The SMILES string of the molecule is CC(=O)c1ccc(S(=O)(=O)Nc2ccc(N(C)Cc3ccccc3)c(C(=O)O)c2)cc1.O=C(O)C(F)(F)F. The monoisotopic (exact) mass is 552 g/mol. The van der Waals surface area contributed by atoms with E-state index in [1.54, 1.807) is 18.0 Å². The first-order chi connectivity index (χ1) is 17.6. The van der Waals surface area contributed by atoms with Gasteiger partial charge in [0, 0.05) is 24.8 Å². The van der Waals surface area contributed by atoms with Crippen molar-refractivity contribution in [3.8, 4) is 0 Å². The number of ketones is 1. The third-order valence-electron chi connectivity index (χ3n) is 4.97. The molecule has 38 heavy (non-hydrogen) atoms. The van der Waals surface area contributed by atoms with Gasteiger partial charge in [-0.2, -0.15) is 13.2 Å². The molecule has 9 nitrogen and oxygen atoms in total. The fourth-order valence-corrected chi connectivity index (χ4v) is 4.18. The zero-order valence-electron chi connectivity index (χ0n) is 20.1. The van der Waals surface area contributed by atoms with E-state index in [2.05, 4.69) is 4.72 Å². The smallest absolute Gasteiger partial charge is 0.478 e. The number of halogens is 3. The van der Waals surface area contributed by atoms with Gasteiger partial charge in [-0.3, -0.25) is 9.52 Å². The highest BCUT2D eigenvalue weighted by Gasteiger charge is 2.38. The number of benzene rings is 3. The number of Topliss-reactive ketones (excluding diaryl/α,β-unsaturated/α-hetero) is 1. The van der Waals surface area contributed by atoms with Crippen LogP contribution in [0.1, 0.15) is 33.2 Å². The van der Waals surface area contributed by atoms with Gasteiger partial charge in [-0.05, 0) is 42.8 Å². The third kappa shape index (κ3) is 8.34. The van der Waals surface area contributed by atoms with Crippen molar-refractivity contribution in [2.24, 2.45) is 0 Å². The molecule has 13 heteroatoms. The molecule has 202 valence electrons. The summed E-state index contributed by atoms with van der Waals surface area (Å²) in [7, 11) is -2.17. The second-order valence-electron chi connectivity index (χ2n) is 7.87. The number of carbonyl (C=O) groups is 3. The lowest BCUT2D eigenvalue weighted by Crippen LogP contribution is -2.21. The fraction of sp³-hybridized carbons (Fsp3) is 0.160. The van der Waals surface area contributed by atoms with E-state index in [4.69, 9.17) is 9.90 Å². The van der Waals surface area contributed by atoms with Crippen LogP contribution in [0.2, 0.25) is 0 Å². The molecule has 0 heterocycles. The van der Waals surface area contributed by atoms with Crippen LogP contribution >= 0.6 is 0 Å². The van der Waals surface area contributed by atoms with E-state index >= 15 is 0 Å². The number of aliphatic carboxylic acids is 1. The van der Waals surface area contributed by atoms with Crippen molar-refractivity contribution in [1.29, 1.82) is 0 Å². The molecule has 0 amide bonds. The molecule has 0 saturated heterocycles. The minimum Gasteiger partial charge on any atom is -0.478 e. The van der Waals surface area contributed by atoms with Gasteiger partial charge in [0.05, 0.1) is 16.1 Å². The van der Waals surface area contributed by atoms with Crippen LogP contribution in [-0.4, -0.2) is 49.6 Å². The normalized spacial score (nSPS) is 11.1. The summed E-state index contributed by atoms with van der Waals surface area (Å²) in [4.78, 5) is 33.9. The number of alkyl halides is 3. The Labute approximate surface area is 216 Å². The van der Waals surface area contributed by atoms with Crippen molar-refractivity contribution in [3.05, 3.63) is 89.5 Å². The maximum atomic E-state index is 12.7. The minimum absolute atomic E-state index is 0.0226. The summed E-state index contributed by atoms with van der Waals surface area (Å²) in [5.74, 6) is -4.09.